The van der Waals surface area contributed by atoms with Crippen LogP contribution >= 0.6 is 11.6 Å². The molecule has 0 radical (unpaired) electrons. The lowest BCUT2D eigenvalue weighted by molar-refractivity contribution is -0.129. The molecule has 1 aliphatic heterocycles. The molecule has 0 amide bonds. The Kier molecular flexibility index (Phi) is 5.58. The highest BCUT2D eigenvalue weighted by atomic mass is 35.5. The molecule has 4 rings (SSSR count). The van der Waals surface area contributed by atoms with Gasteiger partial charge in [-0.15, -0.1) is 0 Å². The Morgan fingerprint density at radius 1 is 1.00 bits per heavy atom. The smallest absolute Gasteiger partial charge is 0.363 e. The van der Waals surface area contributed by atoms with E-state index in [0.717, 1.165) is 0 Å². The second-order valence-electron chi connectivity index (χ2n) is 6.41. The lowest BCUT2D eigenvalue weighted by Gasteiger charge is -2.07. The molecule has 1 aliphatic rings. The Morgan fingerprint density at radius 3 is 2.39 bits per heavy atom. The van der Waals surface area contributed by atoms with E-state index >= 15 is 0 Å². The molecule has 0 bridgehead atoms. The Hall–Kier alpha value is -3.49. The van der Waals surface area contributed by atoms with Crippen molar-refractivity contribution in [1.82, 2.24) is 0 Å². The lowest BCUT2D eigenvalue weighted by atomic mass is 10.2. The molecule has 0 atom stereocenters. The molecular weight excluding hydrogens is 445 g/mol. The van der Waals surface area contributed by atoms with Crippen LogP contribution in [-0.2, 0) is 19.6 Å². The van der Waals surface area contributed by atoms with Crippen LogP contribution < -0.4 is 4.18 Å². The summed E-state index contributed by atoms with van der Waals surface area (Å²) in [5, 5.41) is 0.407. The van der Waals surface area contributed by atoms with Crippen molar-refractivity contribution in [2.24, 2.45) is 4.99 Å². The van der Waals surface area contributed by atoms with E-state index in [2.05, 4.69) is 4.99 Å². The Morgan fingerprint density at radius 2 is 1.71 bits per heavy atom. The molecule has 0 aliphatic carbocycles. The highest BCUT2D eigenvalue weighted by Gasteiger charge is 2.24. The summed E-state index contributed by atoms with van der Waals surface area (Å²) in [7, 11) is -4.02. The van der Waals surface area contributed by atoms with Gasteiger partial charge in [0, 0.05) is 10.6 Å². The molecule has 0 saturated heterocycles. The minimum atomic E-state index is -4.02. The zero-order valence-electron chi connectivity index (χ0n) is 15.7. The number of ether oxygens (including phenoxy) is 1. The first-order valence-corrected chi connectivity index (χ1v) is 10.7. The number of benzene rings is 3. The molecular formula is C22H13ClFNO5S. The second-order valence-corrected chi connectivity index (χ2v) is 8.39. The van der Waals surface area contributed by atoms with Crippen LogP contribution in [0.3, 0.4) is 0 Å². The van der Waals surface area contributed by atoms with Crippen LogP contribution in [0, 0.1) is 5.82 Å². The van der Waals surface area contributed by atoms with Crippen molar-refractivity contribution < 1.29 is 26.5 Å². The standard InChI is InChI=1S/C22H13ClFNO5S/c23-16-6-10-19(11-7-16)31(27,28)30-18-8-4-14(5-9-18)12-20-22(26)29-21(25-20)15-2-1-3-17(24)13-15/h1-13H/b20-12+. The quantitative estimate of drug-likeness (QED) is 0.318. The molecule has 6 nitrogen and oxygen atoms in total. The van der Waals surface area contributed by atoms with Crippen molar-refractivity contribution >= 4 is 39.7 Å². The van der Waals surface area contributed by atoms with Gasteiger partial charge >= 0.3 is 16.1 Å². The van der Waals surface area contributed by atoms with Crippen molar-refractivity contribution in [3.8, 4) is 5.75 Å². The van der Waals surface area contributed by atoms with E-state index in [1.165, 1.54) is 60.7 Å². The highest BCUT2D eigenvalue weighted by Crippen LogP contribution is 2.23. The predicted octanol–water partition coefficient (Wildman–Crippen LogP) is 4.59. The van der Waals surface area contributed by atoms with Gasteiger partial charge in [0.05, 0.1) is 0 Å². The summed E-state index contributed by atoms with van der Waals surface area (Å²) in [5.74, 6) is -1.05. The van der Waals surface area contributed by atoms with Crippen LogP contribution in [0.1, 0.15) is 11.1 Å². The van der Waals surface area contributed by atoms with Gasteiger partial charge in [0.1, 0.15) is 16.5 Å². The lowest BCUT2D eigenvalue weighted by Crippen LogP contribution is -2.09. The fourth-order valence-corrected chi connectivity index (χ4v) is 3.76. The minimum absolute atomic E-state index is 0.00441. The zero-order chi connectivity index (χ0) is 22.0. The van der Waals surface area contributed by atoms with E-state index in [1.54, 1.807) is 18.2 Å². The van der Waals surface area contributed by atoms with Gasteiger partial charge in [-0.05, 0) is 66.2 Å². The third-order valence-corrected chi connectivity index (χ3v) is 5.70. The number of carbonyl (C=O) groups excluding carboxylic acids is 1. The summed E-state index contributed by atoms with van der Waals surface area (Å²) in [5.41, 5.74) is 0.932. The Bertz CT molecular complexity index is 1320. The van der Waals surface area contributed by atoms with Crippen molar-refractivity contribution in [2.45, 2.75) is 4.90 Å². The molecule has 0 unspecified atom stereocenters. The largest absolute Gasteiger partial charge is 0.402 e. The van der Waals surface area contributed by atoms with Crippen LogP contribution in [-0.4, -0.2) is 20.3 Å². The van der Waals surface area contributed by atoms with Crippen LogP contribution in [0.5, 0.6) is 5.75 Å². The number of rotatable bonds is 5. The van der Waals surface area contributed by atoms with Crippen LogP contribution in [0.2, 0.25) is 5.02 Å². The van der Waals surface area contributed by atoms with Gasteiger partial charge < -0.3 is 8.92 Å². The van der Waals surface area contributed by atoms with Gasteiger partial charge in [-0.3, -0.25) is 0 Å². The van der Waals surface area contributed by atoms with E-state index < -0.39 is 21.9 Å². The first kappa shape index (κ1) is 20.8. The molecule has 0 aromatic heterocycles. The number of cyclic esters (lactones) is 1. The molecule has 0 saturated carbocycles. The van der Waals surface area contributed by atoms with Gasteiger partial charge in [0.2, 0.25) is 5.90 Å². The van der Waals surface area contributed by atoms with Crippen molar-refractivity contribution in [2.75, 3.05) is 0 Å². The van der Waals surface area contributed by atoms with E-state index in [4.69, 9.17) is 20.5 Å². The highest BCUT2D eigenvalue weighted by molar-refractivity contribution is 7.87. The summed E-state index contributed by atoms with van der Waals surface area (Å²) in [6.45, 7) is 0. The number of hydrogen-bond donors (Lipinski definition) is 0. The van der Waals surface area contributed by atoms with E-state index in [-0.39, 0.29) is 22.2 Å². The number of aliphatic imine (C=N–C) groups is 1. The normalized spacial score (nSPS) is 15.0. The van der Waals surface area contributed by atoms with Crippen molar-refractivity contribution in [1.29, 1.82) is 0 Å². The monoisotopic (exact) mass is 457 g/mol. The van der Waals surface area contributed by atoms with E-state index in [0.29, 0.717) is 16.1 Å². The summed E-state index contributed by atoms with van der Waals surface area (Å²) >= 11 is 5.77. The molecule has 156 valence electrons. The van der Waals surface area contributed by atoms with Gasteiger partial charge in [-0.2, -0.15) is 8.42 Å². The molecule has 1 heterocycles. The third kappa shape index (κ3) is 4.82. The molecule has 3 aromatic rings. The second kappa shape index (κ2) is 8.33. The first-order chi connectivity index (χ1) is 14.8. The van der Waals surface area contributed by atoms with E-state index in [9.17, 15) is 17.6 Å². The maximum atomic E-state index is 13.4. The SMILES string of the molecule is O=C1OC(c2cccc(F)c2)=N/C1=C/c1ccc(OS(=O)(=O)c2ccc(Cl)cc2)cc1. The molecule has 3 aromatic carbocycles. The summed E-state index contributed by atoms with van der Waals surface area (Å²) < 4.78 is 48.2. The molecule has 31 heavy (non-hydrogen) atoms. The number of hydrogen-bond acceptors (Lipinski definition) is 6. The van der Waals surface area contributed by atoms with Crippen LogP contribution in [0.15, 0.2) is 88.4 Å². The van der Waals surface area contributed by atoms with Crippen molar-refractivity contribution in [3.05, 3.63) is 100 Å². The number of esters is 1. The predicted molar refractivity (Wildman–Crippen MR) is 113 cm³/mol. The Labute approximate surface area is 182 Å². The van der Waals surface area contributed by atoms with Crippen LogP contribution in [0.4, 0.5) is 4.39 Å². The van der Waals surface area contributed by atoms with Gasteiger partial charge in [-0.25, -0.2) is 14.2 Å². The Balaban J connectivity index is 1.52. The summed E-state index contributed by atoms with van der Waals surface area (Å²) in [6.07, 6.45) is 1.46. The van der Waals surface area contributed by atoms with Crippen molar-refractivity contribution in [3.63, 3.8) is 0 Å². The van der Waals surface area contributed by atoms with Crippen LogP contribution in [0.25, 0.3) is 6.08 Å². The maximum absolute atomic E-state index is 13.4. The number of carbonyl (C=O) groups is 1. The topological polar surface area (TPSA) is 82.0 Å². The summed E-state index contributed by atoms with van der Waals surface area (Å²) in [6, 6.07) is 17.1. The molecule has 0 fully saturated rings. The minimum Gasteiger partial charge on any atom is -0.402 e. The molecule has 0 spiro atoms. The fraction of sp³-hybridized carbons (Fsp3) is 0. The number of halogens is 2. The summed E-state index contributed by atoms with van der Waals surface area (Å²) in [4.78, 5) is 16.1. The van der Waals surface area contributed by atoms with Gasteiger partial charge in [0.15, 0.2) is 5.70 Å². The van der Waals surface area contributed by atoms with E-state index in [1.807, 2.05) is 0 Å². The number of nitrogens with zero attached hydrogens (tertiary/aromatic N) is 1. The first-order valence-electron chi connectivity index (χ1n) is 8.89. The van der Waals surface area contributed by atoms with Gasteiger partial charge in [0.25, 0.3) is 0 Å². The third-order valence-electron chi connectivity index (χ3n) is 4.18. The maximum Gasteiger partial charge on any atom is 0.363 e. The molecule has 9 heteroatoms. The fourth-order valence-electron chi connectivity index (χ4n) is 2.71. The average Bonchev–Trinajstić information content (AvgIpc) is 3.10. The average molecular weight is 458 g/mol. The zero-order valence-corrected chi connectivity index (χ0v) is 17.2. The molecule has 0 N–H and O–H groups in total. The van der Waals surface area contributed by atoms with Gasteiger partial charge in [-0.1, -0.05) is 29.8 Å².